The van der Waals surface area contributed by atoms with Crippen LogP contribution in [0.15, 0.2) is 48.8 Å². The Morgan fingerprint density at radius 1 is 0.963 bits per heavy atom. The van der Waals surface area contributed by atoms with Crippen molar-refractivity contribution >= 4 is 17.3 Å². The van der Waals surface area contributed by atoms with Gasteiger partial charge in [0.05, 0.1) is 12.8 Å². The predicted octanol–water partition coefficient (Wildman–Crippen LogP) is 4.30. The highest BCUT2D eigenvalue weighted by Crippen LogP contribution is 2.23. The second-order valence-electron chi connectivity index (χ2n) is 5.66. The van der Waals surface area contributed by atoms with Crippen LogP contribution in [0, 0.1) is 17.5 Å². The Morgan fingerprint density at radius 2 is 1.78 bits per heavy atom. The molecule has 0 aliphatic heterocycles. The van der Waals surface area contributed by atoms with Crippen molar-refractivity contribution in [3.63, 3.8) is 0 Å². The van der Waals surface area contributed by atoms with Gasteiger partial charge in [0.15, 0.2) is 17.5 Å². The maximum atomic E-state index is 13.8. The predicted molar refractivity (Wildman–Crippen MR) is 96.8 cm³/mol. The summed E-state index contributed by atoms with van der Waals surface area (Å²) in [4.78, 5) is 8.04. The van der Waals surface area contributed by atoms with Crippen molar-refractivity contribution in [2.45, 2.75) is 6.42 Å². The number of ether oxygens (including phenoxy) is 1. The minimum Gasteiger partial charge on any atom is -0.497 e. The smallest absolute Gasteiger partial charge is 0.196 e. The number of anilines is 3. The quantitative estimate of drug-likeness (QED) is 0.604. The first-order valence-electron chi connectivity index (χ1n) is 8.16. The average Bonchev–Trinajstić information content (AvgIpc) is 2.69. The van der Waals surface area contributed by atoms with E-state index in [0.29, 0.717) is 12.4 Å². The molecule has 140 valence electrons. The fraction of sp³-hybridized carbons (Fsp3) is 0.158. The number of aromatic nitrogens is 2. The summed E-state index contributed by atoms with van der Waals surface area (Å²) in [7, 11) is 1.61. The van der Waals surface area contributed by atoms with Gasteiger partial charge in [0.2, 0.25) is 0 Å². The molecule has 2 aromatic carbocycles. The topological polar surface area (TPSA) is 59.1 Å². The van der Waals surface area contributed by atoms with Gasteiger partial charge in [-0.3, -0.25) is 0 Å². The number of benzene rings is 2. The average molecular weight is 374 g/mol. The van der Waals surface area contributed by atoms with Crippen LogP contribution >= 0.6 is 0 Å². The Labute approximate surface area is 154 Å². The number of nitrogens with zero attached hydrogens (tertiary/aromatic N) is 2. The summed E-state index contributed by atoms with van der Waals surface area (Å²) >= 11 is 0. The zero-order valence-electron chi connectivity index (χ0n) is 14.5. The first-order valence-corrected chi connectivity index (χ1v) is 8.16. The summed E-state index contributed by atoms with van der Waals surface area (Å²) in [5.41, 5.74) is 0.882. The molecule has 27 heavy (non-hydrogen) atoms. The number of hydrogen-bond acceptors (Lipinski definition) is 5. The summed E-state index contributed by atoms with van der Waals surface area (Å²) in [5, 5.41) is 5.75. The lowest BCUT2D eigenvalue weighted by Crippen LogP contribution is -2.07. The van der Waals surface area contributed by atoms with Crippen molar-refractivity contribution in [3.8, 4) is 5.75 Å². The number of rotatable bonds is 7. The molecule has 0 saturated heterocycles. The van der Waals surface area contributed by atoms with Gasteiger partial charge in [-0.05, 0) is 36.2 Å². The van der Waals surface area contributed by atoms with E-state index in [2.05, 4.69) is 20.6 Å². The standard InChI is InChI=1S/C19H17F3N4O/c1-27-13-4-2-3-12(9-13)7-8-23-16-10-17(25-11-24-16)26-15-6-5-14(20)18(21)19(15)22/h2-6,9-11H,7-8H2,1H3,(H2,23,24,25,26). The van der Waals surface area contributed by atoms with Gasteiger partial charge in [-0.15, -0.1) is 0 Å². The van der Waals surface area contributed by atoms with Crippen LogP contribution in [0.25, 0.3) is 0 Å². The Hall–Kier alpha value is -3.29. The number of halogens is 3. The molecule has 1 aromatic heterocycles. The summed E-state index contributed by atoms with van der Waals surface area (Å²) in [6, 6.07) is 11.2. The molecule has 0 atom stereocenters. The minimum absolute atomic E-state index is 0.213. The number of nitrogens with one attached hydrogen (secondary N) is 2. The van der Waals surface area contributed by atoms with Crippen molar-refractivity contribution in [2.24, 2.45) is 0 Å². The highest BCUT2D eigenvalue weighted by Gasteiger charge is 2.13. The maximum Gasteiger partial charge on any atom is 0.196 e. The molecule has 0 amide bonds. The highest BCUT2D eigenvalue weighted by molar-refractivity contribution is 5.59. The van der Waals surface area contributed by atoms with Crippen LogP contribution in [0.1, 0.15) is 5.56 Å². The molecule has 0 aliphatic carbocycles. The van der Waals surface area contributed by atoms with Crippen molar-refractivity contribution in [3.05, 3.63) is 71.8 Å². The lowest BCUT2D eigenvalue weighted by Gasteiger charge is -2.10. The van der Waals surface area contributed by atoms with Gasteiger partial charge in [0.1, 0.15) is 23.7 Å². The van der Waals surface area contributed by atoms with Gasteiger partial charge < -0.3 is 15.4 Å². The van der Waals surface area contributed by atoms with E-state index < -0.39 is 17.5 Å². The van der Waals surface area contributed by atoms with Gasteiger partial charge in [-0.1, -0.05) is 12.1 Å². The molecule has 1 heterocycles. The number of hydrogen-bond donors (Lipinski definition) is 2. The fourth-order valence-electron chi connectivity index (χ4n) is 2.45. The summed E-state index contributed by atoms with van der Waals surface area (Å²) in [6.45, 7) is 0.600. The third-order valence-electron chi connectivity index (χ3n) is 3.82. The second kappa shape index (κ2) is 8.39. The SMILES string of the molecule is COc1cccc(CCNc2cc(Nc3ccc(F)c(F)c3F)ncn2)c1. The maximum absolute atomic E-state index is 13.8. The Morgan fingerprint density at radius 3 is 2.59 bits per heavy atom. The molecular formula is C19H17F3N4O. The summed E-state index contributed by atoms with van der Waals surface area (Å²) < 4.78 is 45.3. The highest BCUT2D eigenvalue weighted by atomic mass is 19.2. The van der Waals surface area contributed by atoms with Gasteiger partial charge in [0.25, 0.3) is 0 Å². The van der Waals surface area contributed by atoms with Crippen molar-refractivity contribution in [1.29, 1.82) is 0 Å². The second-order valence-corrected chi connectivity index (χ2v) is 5.66. The number of methoxy groups -OCH3 is 1. The molecule has 0 spiro atoms. The zero-order valence-corrected chi connectivity index (χ0v) is 14.5. The first kappa shape index (κ1) is 18.5. The largest absolute Gasteiger partial charge is 0.497 e. The van der Waals surface area contributed by atoms with Crippen LogP contribution in [0.2, 0.25) is 0 Å². The van der Waals surface area contributed by atoms with E-state index >= 15 is 0 Å². The fourth-order valence-corrected chi connectivity index (χ4v) is 2.45. The molecule has 3 aromatic rings. The third-order valence-corrected chi connectivity index (χ3v) is 3.82. The van der Waals surface area contributed by atoms with Crippen LogP contribution in [-0.4, -0.2) is 23.6 Å². The molecule has 3 rings (SSSR count). The lowest BCUT2D eigenvalue weighted by atomic mass is 10.1. The van der Waals surface area contributed by atoms with Gasteiger partial charge in [-0.25, -0.2) is 23.1 Å². The van der Waals surface area contributed by atoms with Crippen molar-refractivity contribution in [1.82, 2.24) is 9.97 Å². The molecule has 2 N–H and O–H groups in total. The van der Waals surface area contributed by atoms with Crippen LogP contribution < -0.4 is 15.4 Å². The normalized spacial score (nSPS) is 10.5. The van der Waals surface area contributed by atoms with E-state index in [1.165, 1.54) is 6.33 Å². The van der Waals surface area contributed by atoms with Gasteiger partial charge in [-0.2, -0.15) is 0 Å². The van der Waals surface area contributed by atoms with Crippen LogP contribution in [0.3, 0.4) is 0 Å². The molecule has 0 saturated carbocycles. The van der Waals surface area contributed by atoms with Gasteiger partial charge in [0, 0.05) is 12.6 Å². The van der Waals surface area contributed by atoms with E-state index in [4.69, 9.17) is 4.74 Å². The zero-order chi connectivity index (χ0) is 19.2. The van der Waals surface area contributed by atoms with Gasteiger partial charge >= 0.3 is 0 Å². The lowest BCUT2D eigenvalue weighted by molar-refractivity contribution is 0.414. The van der Waals surface area contributed by atoms with E-state index in [0.717, 1.165) is 29.9 Å². The first-order chi connectivity index (χ1) is 13.1. The van der Waals surface area contributed by atoms with Crippen molar-refractivity contribution < 1.29 is 17.9 Å². The van der Waals surface area contributed by atoms with E-state index in [9.17, 15) is 13.2 Å². The Kier molecular flexibility index (Phi) is 5.75. The molecular weight excluding hydrogens is 357 g/mol. The molecule has 5 nitrogen and oxygen atoms in total. The van der Waals surface area contributed by atoms with E-state index in [1.807, 2.05) is 24.3 Å². The minimum atomic E-state index is -1.54. The van der Waals surface area contributed by atoms with Crippen molar-refractivity contribution in [2.75, 3.05) is 24.3 Å². The third kappa shape index (κ3) is 4.66. The summed E-state index contributed by atoms with van der Waals surface area (Å²) in [6.07, 6.45) is 2.02. The molecule has 0 bridgehead atoms. The van der Waals surface area contributed by atoms with E-state index in [1.54, 1.807) is 13.2 Å². The van der Waals surface area contributed by atoms with E-state index in [-0.39, 0.29) is 11.5 Å². The molecule has 0 aliphatic rings. The Balaban J connectivity index is 1.63. The summed E-state index contributed by atoms with van der Waals surface area (Å²) in [5.74, 6) is -2.54. The van der Waals surface area contributed by atoms with Crippen LogP contribution in [0.5, 0.6) is 5.75 Å². The molecule has 0 fully saturated rings. The molecule has 0 unspecified atom stereocenters. The van der Waals surface area contributed by atoms with Crippen LogP contribution in [0.4, 0.5) is 30.5 Å². The monoisotopic (exact) mass is 374 g/mol. The molecule has 8 heteroatoms. The molecule has 0 radical (unpaired) electrons. The Bertz CT molecular complexity index is 937. The van der Waals surface area contributed by atoms with Crippen LogP contribution in [-0.2, 0) is 6.42 Å².